The molecule has 0 spiro atoms. The zero-order valence-electron chi connectivity index (χ0n) is 12.7. The van der Waals surface area contributed by atoms with Crippen LogP contribution in [0.3, 0.4) is 0 Å². The molecule has 0 saturated heterocycles. The molecule has 24 heavy (non-hydrogen) atoms. The first-order chi connectivity index (χ1) is 11.3. The smallest absolute Gasteiger partial charge is 0.338 e. The molecule has 2 rings (SSSR count). The minimum Gasteiger partial charge on any atom is -0.452 e. The van der Waals surface area contributed by atoms with E-state index in [-0.39, 0.29) is 11.6 Å². The molecule has 0 radical (unpaired) electrons. The van der Waals surface area contributed by atoms with E-state index in [0.717, 1.165) is 5.56 Å². The summed E-state index contributed by atoms with van der Waals surface area (Å²) in [5.41, 5.74) is 1.08. The summed E-state index contributed by atoms with van der Waals surface area (Å²) < 4.78 is 4.97. The van der Waals surface area contributed by atoms with E-state index in [1.807, 2.05) is 19.1 Å². The fourth-order valence-corrected chi connectivity index (χ4v) is 2.66. The van der Waals surface area contributed by atoms with Crippen LogP contribution in [0.5, 0.6) is 0 Å². The Balaban J connectivity index is 1.88. The van der Waals surface area contributed by atoms with Crippen molar-refractivity contribution in [1.82, 2.24) is 5.32 Å². The first kappa shape index (κ1) is 18.6. The van der Waals surface area contributed by atoms with Gasteiger partial charge in [0.15, 0.2) is 6.61 Å². The van der Waals surface area contributed by atoms with Crippen LogP contribution in [-0.4, -0.2) is 18.5 Å². The first-order valence-electron chi connectivity index (χ1n) is 7.03. The van der Waals surface area contributed by atoms with Crippen molar-refractivity contribution in [1.29, 1.82) is 0 Å². The normalized spacial score (nSPS) is 11.7. The van der Waals surface area contributed by atoms with Crippen LogP contribution in [0.1, 0.15) is 28.9 Å². The van der Waals surface area contributed by atoms with Gasteiger partial charge in [-0.05, 0) is 42.8 Å². The average molecular weight is 387 g/mol. The molecule has 0 bridgehead atoms. The lowest BCUT2D eigenvalue weighted by molar-refractivity contribution is -0.124. The highest BCUT2D eigenvalue weighted by Gasteiger charge is 2.14. The number of esters is 1. The Bertz CT molecular complexity index is 727. The molecule has 0 aliphatic heterocycles. The molecule has 0 unspecified atom stereocenters. The van der Waals surface area contributed by atoms with Crippen LogP contribution < -0.4 is 5.32 Å². The number of nitrogens with one attached hydrogen (secondary N) is 1. The maximum atomic E-state index is 11.9. The van der Waals surface area contributed by atoms with Gasteiger partial charge in [-0.3, -0.25) is 4.79 Å². The lowest BCUT2D eigenvalue weighted by Crippen LogP contribution is -2.31. The Kier molecular flexibility index (Phi) is 6.49. The van der Waals surface area contributed by atoms with Crippen LogP contribution in [0.25, 0.3) is 0 Å². The molecule has 0 heterocycles. The quantitative estimate of drug-likeness (QED) is 0.759. The third-order valence-corrected chi connectivity index (χ3v) is 3.87. The highest BCUT2D eigenvalue weighted by molar-refractivity contribution is 6.35. The fourth-order valence-electron chi connectivity index (χ4n) is 2.00. The highest BCUT2D eigenvalue weighted by atomic mass is 35.5. The lowest BCUT2D eigenvalue weighted by Gasteiger charge is -2.14. The van der Waals surface area contributed by atoms with E-state index in [9.17, 15) is 9.59 Å². The summed E-state index contributed by atoms with van der Waals surface area (Å²) in [4.78, 5) is 23.8. The average Bonchev–Trinajstić information content (AvgIpc) is 2.52. The Morgan fingerprint density at radius 3 is 2.17 bits per heavy atom. The highest BCUT2D eigenvalue weighted by Crippen LogP contribution is 2.20. The molecule has 1 amide bonds. The van der Waals surface area contributed by atoms with E-state index < -0.39 is 18.5 Å². The number of rotatable bonds is 5. The van der Waals surface area contributed by atoms with Crippen molar-refractivity contribution in [3.05, 3.63) is 68.7 Å². The standard InChI is InChI=1S/C17H14Cl3NO3/c1-10(11-2-4-13(18)5-3-11)21-16(22)9-24-17(23)12-6-14(19)8-15(20)7-12/h2-8,10H,9H2,1H3,(H,21,22)/t10-/m0/s1. The molecular formula is C17H14Cl3NO3. The molecule has 4 nitrogen and oxygen atoms in total. The first-order valence-corrected chi connectivity index (χ1v) is 8.16. The molecule has 0 fully saturated rings. The van der Waals surface area contributed by atoms with E-state index in [2.05, 4.69) is 5.32 Å². The van der Waals surface area contributed by atoms with E-state index in [0.29, 0.717) is 15.1 Å². The topological polar surface area (TPSA) is 55.4 Å². The summed E-state index contributed by atoms with van der Waals surface area (Å²) in [6, 6.07) is 11.2. The Labute approximate surface area is 154 Å². The van der Waals surface area contributed by atoms with Crippen molar-refractivity contribution in [2.75, 3.05) is 6.61 Å². The number of halogens is 3. The maximum Gasteiger partial charge on any atom is 0.338 e. The van der Waals surface area contributed by atoms with Crippen molar-refractivity contribution in [3.8, 4) is 0 Å². The second-order valence-corrected chi connectivity index (χ2v) is 6.38. The number of amides is 1. The van der Waals surface area contributed by atoms with Gasteiger partial charge in [0.2, 0.25) is 0 Å². The zero-order chi connectivity index (χ0) is 17.7. The number of ether oxygens (including phenoxy) is 1. The van der Waals surface area contributed by atoms with Gasteiger partial charge in [-0.2, -0.15) is 0 Å². The largest absolute Gasteiger partial charge is 0.452 e. The molecule has 1 atom stereocenters. The van der Waals surface area contributed by atoms with Gasteiger partial charge in [0.25, 0.3) is 5.91 Å². The van der Waals surface area contributed by atoms with E-state index in [4.69, 9.17) is 39.5 Å². The number of benzene rings is 2. The summed E-state index contributed by atoms with van der Waals surface area (Å²) >= 11 is 17.5. The molecule has 126 valence electrons. The molecule has 0 aliphatic rings. The van der Waals surface area contributed by atoms with E-state index in [1.54, 1.807) is 12.1 Å². The minimum absolute atomic E-state index is 0.186. The predicted octanol–water partition coefficient (Wildman–Crippen LogP) is 4.68. The van der Waals surface area contributed by atoms with Crippen LogP contribution in [0.15, 0.2) is 42.5 Å². The van der Waals surface area contributed by atoms with Gasteiger partial charge in [-0.25, -0.2) is 4.79 Å². The Hall–Kier alpha value is -1.75. The third-order valence-electron chi connectivity index (χ3n) is 3.18. The van der Waals surface area contributed by atoms with Crippen LogP contribution in [-0.2, 0) is 9.53 Å². The van der Waals surface area contributed by atoms with Gasteiger partial charge in [-0.15, -0.1) is 0 Å². The van der Waals surface area contributed by atoms with Crippen molar-refractivity contribution in [3.63, 3.8) is 0 Å². The second kappa shape index (κ2) is 8.38. The predicted molar refractivity (Wildman–Crippen MR) is 94.8 cm³/mol. The zero-order valence-corrected chi connectivity index (χ0v) is 15.0. The summed E-state index contributed by atoms with van der Waals surface area (Å²) in [6.45, 7) is 1.42. The Morgan fingerprint density at radius 2 is 1.58 bits per heavy atom. The van der Waals surface area contributed by atoms with Gasteiger partial charge < -0.3 is 10.1 Å². The van der Waals surface area contributed by atoms with Gasteiger partial charge in [-0.1, -0.05) is 46.9 Å². The van der Waals surface area contributed by atoms with Crippen molar-refractivity contribution < 1.29 is 14.3 Å². The maximum absolute atomic E-state index is 11.9. The van der Waals surface area contributed by atoms with E-state index >= 15 is 0 Å². The summed E-state index contributed by atoms with van der Waals surface area (Å²) in [5.74, 6) is -1.09. The monoisotopic (exact) mass is 385 g/mol. The van der Waals surface area contributed by atoms with Crippen LogP contribution >= 0.6 is 34.8 Å². The minimum atomic E-state index is -0.673. The summed E-state index contributed by atoms with van der Waals surface area (Å²) in [5, 5.41) is 3.98. The molecule has 2 aromatic rings. The van der Waals surface area contributed by atoms with Crippen molar-refractivity contribution >= 4 is 46.7 Å². The third kappa shape index (κ3) is 5.41. The Morgan fingerprint density at radius 1 is 1.00 bits per heavy atom. The molecule has 0 saturated carbocycles. The number of hydrogen-bond acceptors (Lipinski definition) is 3. The number of carbonyl (C=O) groups is 2. The molecule has 1 N–H and O–H groups in total. The molecule has 2 aromatic carbocycles. The molecule has 7 heteroatoms. The van der Waals surface area contributed by atoms with Gasteiger partial charge in [0, 0.05) is 15.1 Å². The second-order valence-electron chi connectivity index (χ2n) is 5.08. The van der Waals surface area contributed by atoms with Crippen LogP contribution in [0.4, 0.5) is 0 Å². The lowest BCUT2D eigenvalue weighted by atomic mass is 10.1. The van der Waals surface area contributed by atoms with Gasteiger partial charge in [0.05, 0.1) is 11.6 Å². The van der Waals surface area contributed by atoms with E-state index in [1.165, 1.54) is 18.2 Å². The van der Waals surface area contributed by atoms with Crippen LogP contribution in [0, 0.1) is 0 Å². The molecule has 0 aliphatic carbocycles. The SMILES string of the molecule is C[C@H](NC(=O)COC(=O)c1cc(Cl)cc(Cl)c1)c1ccc(Cl)cc1. The van der Waals surface area contributed by atoms with Crippen molar-refractivity contribution in [2.45, 2.75) is 13.0 Å². The molecule has 0 aromatic heterocycles. The summed E-state index contributed by atoms with van der Waals surface area (Å²) in [7, 11) is 0. The van der Waals surface area contributed by atoms with Gasteiger partial charge in [0.1, 0.15) is 0 Å². The van der Waals surface area contributed by atoms with Crippen LogP contribution in [0.2, 0.25) is 15.1 Å². The number of carbonyl (C=O) groups excluding carboxylic acids is 2. The molecular weight excluding hydrogens is 373 g/mol. The number of hydrogen-bond donors (Lipinski definition) is 1. The fraction of sp³-hybridized carbons (Fsp3) is 0.176. The van der Waals surface area contributed by atoms with Gasteiger partial charge >= 0.3 is 5.97 Å². The summed E-state index contributed by atoms with van der Waals surface area (Å²) in [6.07, 6.45) is 0. The van der Waals surface area contributed by atoms with Crippen molar-refractivity contribution in [2.24, 2.45) is 0 Å².